The largest absolute Gasteiger partial charge is 0.573 e. The third-order valence-electron chi connectivity index (χ3n) is 2.92. The predicted octanol–water partition coefficient (Wildman–Crippen LogP) is 3.00. The van der Waals surface area contributed by atoms with Crippen LogP contribution in [0, 0.1) is 11.3 Å². The summed E-state index contributed by atoms with van der Waals surface area (Å²) in [7, 11) is 0. The Labute approximate surface area is 130 Å². The average Bonchev–Trinajstić information content (AvgIpc) is 2.52. The summed E-state index contributed by atoms with van der Waals surface area (Å²) in [5.74, 6) is -0.395. The normalized spacial score (nSPS) is 12.3. The molecule has 0 amide bonds. The first-order chi connectivity index (χ1) is 10.9. The minimum atomic E-state index is -4.83. The van der Waals surface area contributed by atoms with E-state index in [-0.39, 0.29) is 11.3 Å². The molecule has 5 nitrogen and oxygen atoms in total. The van der Waals surface area contributed by atoms with Crippen LogP contribution in [0.15, 0.2) is 42.6 Å². The summed E-state index contributed by atoms with van der Waals surface area (Å²) in [5, 5.41) is 21.0. The first-order valence-corrected chi connectivity index (χ1v) is 6.51. The van der Waals surface area contributed by atoms with E-state index in [9.17, 15) is 18.3 Å². The van der Waals surface area contributed by atoms with Crippen molar-refractivity contribution in [3.8, 4) is 11.8 Å². The Bertz CT molecular complexity index is 696. The zero-order valence-electron chi connectivity index (χ0n) is 11.7. The molecule has 0 saturated heterocycles. The Kier molecular flexibility index (Phi) is 5.03. The van der Waals surface area contributed by atoms with Gasteiger partial charge in [-0.05, 0) is 18.2 Å². The molecule has 0 spiro atoms. The molecule has 0 saturated carbocycles. The predicted molar refractivity (Wildman–Crippen MR) is 75.5 cm³/mol. The SMILES string of the molecule is N#Cc1ccc(NC(CO)c2ccccc2OC(F)(F)F)cn1. The molecule has 8 heteroatoms. The molecule has 0 fully saturated rings. The molecule has 0 bridgehead atoms. The van der Waals surface area contributed by atoms with Gasteiger partial charge in [0, 0.05) is 5.56 Å². The number of anilines is 1. The van der Waals surface area contributed by atoms with Gasteiger partial charge in [-0.3, -0.25) is 0 Å². The van der Waals surface area contributed by atoms with E-state index in [4.69, 9.17) is 5.26 Å². The lowest BCUT2D eigenvalue weighted by atomic mass is 10.1. The number of pyridine rings is 1. The van der Waals surface area contributed by atoms with Crippen molar-refractivity contribution in [1.82, 2.24) is 4.98 Å². The minimum absolute atomic E-state index is 0.150. The quantitative estimate of drug-likeness (QED) is 0.884. The van der Waals surface area contributed by atoms with E-state index in [1.807, 2.05) is 6.07 Å². The number of rotatable bonds is 5. The average molecular weight is 323 g/mol. The molecular weight excluding hydrogens is 311 g/mol. The summed E-state index contributed by atoms with van der Waals surface area (Å²) < 4.78 is 41.3. The van der Waals surface area contributed by atoms with E-state index in [2.05, 4.69) is 15.0 Å². The molecule has 120 valence electrons. The van der Waals surface area contributed by atoms with Gasteiger partial charge < -0.3 is 15.2 Å². The van der Waals surface area contributed by atoms with Gasteiger partial charge in [-0.2, -0.15) is 5.26 Å². The van der Waals surface area contributed by atoms with Crippen molar-refractivity contribution >= 4 is 5.69 Å². The second-order valence-corrected chi connectivity index (χ2v) is 4.51. The Morgan fingerprint density at radius 1 is 1.26 bits per heavy atom. The number of nitriles is 1. The van der Waals surface area contributed by atoms with Crippen LogP contribution < -0.4 is 10.1 Å². The van der Waals surface area contributed by atoms with Gasteiger partial charge in [0.1, 0.15) is 17.5 Å². The van der Waals surface area contributed by atoms with Crippen LogP contribution in [0.5, 0.6) is 5.75 Å². The number of aliphatic hydroxyl groups is 1. The maximum absolute atomic E-state index is 12.5. The van der Waals surface area contributed by atoms with E-state index < -0.39 is 24.8 Å². The number of halogens is 3. The third kappa shape index (κ3) is 4.59. The first kappa shape index (κ1) is 16.6. The summed E-state index contributed by atoms with van der Waals surface area (Å²) in [6.07, 6.45) is -3.47. The highest BCUT2D eigenvalue weighted by molar-refractivity contribution is 5.47. The molecule has 2 aromatic rings. The van der Waals surface area contributed by atoms with E-state index in [1.165, 1.54) is 30.5 Å². The highest BCUT2D eigenvalue weighted by Crippen LogP contribution is 2.31. The molecule has 0 aliphatic heterocycles. The fourth-order valence-corrected chi connectivity index (χ4v) is 1.95. The minimum Gasteiger partial charge on any atom is -0.405 e. The van der Waals surface area contributed by atoms with Crippen LogP contribution in [0.4, 0.5) is 18.9 Å². The smallest absolute Gasteiger partial charge is 0.405 e. The molecule has 0 radical (unpaired) electrons. The fourth-order valence-electron chi connectivity index (χ4n) is 1.95. The molecule has 1 aromatic carbocycles. The van der Waals surface area contributed by atoms with E-state index in [0.29, 0.717) is 5.69 Å². The number of hydrogen-bond acceptors (Lipinski definition) is 5. The van der Waals surface area contributed by atoms with Crippen molar-refractivity contribution in [1.29, 1.82) is 5.26 Å². The Hall–Kier alpha value is -2.79. The van der Waals surface area contributed by atoms with Gasteiger partial charge in [-0.15, -0.1) is 13.2 Å². The van der Waals surface area contributed by atoms with Crippen LogP contribution in [0.2, 0.25) is 0 Å². The van der Waals surface area contributed by atoms with Crippen molar-refractivity contribution < 1.29 is 23.0 Å². The number of hydrogen-bond donors (Lipinski definition) is 2. The zero-order valence-corrected chi connectivity index (χ0v) is 11.7. The topological polar surface area (TPSA) is 78.2 Å². The number of para-hydroxylation sites is 1. The second-order valence-electron chi connectivity index (χ2n) is 4.51. The second kappa shape index (κ2) is 6.98. The Balaban J connectivity index is 2.25. The molecule has 1 atom stereocenters. The molecule has 0 aliphatic rings. The summed E-state index contributed by atoms with van der Waals surface area (Å²) in [6, 6.07) is 9.56. The van der Waals surface area contributed by atoms with Crippen molar-refractivity contribution in [2.45, 2.75) is 12.4 Å². The summed E-state index contributed by atoms with van der Waals surface area (Å²) in [6.45, 7) is -0.460. The number of nitrogens with zero attached hydrogens (tertiary/aromatic N) is 2. The van der Waals surface area contributed by atoms with Gasteiger partial charge >= 0.3 is 6.36 Å². The van der Waals surface area contributed by atoms with Crippen LogP contribution in [0.1, 0.15) is 17.3 Å². The number of benzene rings is 1. The number of aliphatic hydroxyl groups excluding tert-OH is 1. The van der Waals surface area contributed by atoms with Crippen LogP contribution in [-0.2, 0) is 0 Å². The van der Waals surface area contributed by atoms with E-state index in [0.717, 1.165) is 0 Å². The molecule has 2 rings (SSSR count). The van der Waals surface area contributed by atoms with E-state index >= 15 is 0 Å². The zero-order chi connectivity index (χ0) is 16.9. The molecule has 0 aliphatic carbocycles. The van der Waals surface area contributed by atoms with Gasteiger partial charge in [0.25, 0.3) is 0 Å². The molecule has 1 unspecified atom stereocenters. The van der Waals surface area contributed by atoms with Crippen molar-refractivity contribution in [3.05, 3.63) is 53.9 Å². The van der Waals surface area contributed by atoms with Gasteiger partial charge in [0.05, 0.1) is 24.5 Å². The van der Waals surface area contributed by atoms with Crippen molar-refractivity contribution in [2.75, 3.05) is 11.9 Å². The lowest BCUT2D eigenvalue weighted by Crippen LogP contribution is -2.21. The highest BCUT2D eigenvalue weighted by atomic mass is 19.4. The van der Waals surface area contributed by atoms with E-state index in [1.54, 1.807) is 12.1 Å². The molecule has 23 heavy (non-hydrogen) atoms. The third-order valence-corrected chi connectivity index (χ3v) is 2.92. The number of alkyl halides is 3. The molecular formula is C15H12F3N3O2. The summed E-state index contributed by atoms with van der Waals surface area (Å²) >= 11 is 0. The van der Waals surface area contributed by atoms with Crippen LogP contribution >= 0.6 is 0 Å². The van der Waals surface area contributed by atoms with Crippen molar-refractivity contribution in [3.63, 3.8) is 0 Å². The lowest BCUT2D eigenvalue weighted by molar-refractivity contribution is -0.275. The number of ether oxygens (including phenoxy) is 1. The van der Waals surface area contributed by atoms with Gasteiger partial charge in [-0.25, -0.2) is 4.98 Å². The van der Waals surface area contributed by atoms with Crippen LogP contribution in [0.25, 0.3) is 0 Å². The standard InChI is InChI=1S/C15H12F3N3O2/c16-15(17,18)23-14-4-2-1-3-12(14)13(9-22)21-11-6-5-10(7-19)20-8-11/h1-6,8,13,21-22H,9H2. The number of nitrogens with one attached hydrogen (secondary N) is 1. The number of aromatic nitrogens is 1. The Morgan fingerprint density at radius 2 is 2.00 bits per heavy atom. The summed E-state index contributed by atoms with van der Waals surface area (Å²) in [5.41, 5.74) is 0.804. The van der Waals surface area contributed by atoms with Crippen LogP contribution in [0.3, 0.4) is 0 Å². The monoisotopic (exact) mass is 323 g/mol. The Morgan fingerprint density at radius 3 is 2.57 bits per heavy atom. The summed E-state index contributed by atoms with van der Waals surface area (Å²) in [4.78, 5) is 3.84. The first-order valence-electron chi connectivity index (χ1n) is 6.51. The van der Waals surface area contributed by atoms with Crippen molar-refractivity contribution in [2.24, 2.45) is 0 Å². The molecule has 1 aromatic heterocycles. The lowest BCUT2D eigenvalue weighted by Gasteiger charge is -2.21. The molecule has 2 N–H and O–H groups in total. The van der Waals surface area contributed by atoms with Gasteiger partial charge in [0.15, 0.2) is 0 Å². The van der Waals surface area contributed by atoms with Crippen LogP contribution in [-0.4, -0.2) is 23.1 Å². The van der Waals surface area contributed by atoms with Gasteiger partial charge in [0.2, 0.25) is 0 Å². The van der Waals surface area contributed by atoms with Gasteiger partial charge in [-0.1, -0.05) is 18.2 Å². The highest BCUT2D eigenvalue weighted by Gasteiger charge is 2.32. The molecule has 1 heterocycles. The maximum atomic E-state index is 12.5. The maximum Gasteiger partial charge on any atom is 0.573 e. The fraction of sp³-hybridized carbons (Fsp3) is 0.200.